The van der Waals surface area contributed by atoms with Crippen LogP contribution in [0, 0.1) is 0 Å². The number of esters is 1. The maximum absolute atomic E-state index is 12.0. The fourth-order valence-electron chi connectivity index (χ4n) is 1.94. The number of methoxy groups -OCH3 is 1. The first kappa shape index (κ1) is 15.2. The second-order valence-corrected chi connectivity index (χ2v) is 6.00. The maximum Gasteiger partial charge on any atom is 0.327 e. The van der Waals surface area contributed by atoms with Crippen LogP contribution < -0.4 is 10.9 Å². The molecule has 1 saturated heterocycles. The Kier molecular flexibility index (Phi) is 5.31. The Hall–Kier alpha value is -1.21. The van der Waals surface area contributed by atoms with E-state index in [4.69, 9.17) is 11.6 Å². The van der Waals surface area contributed by atoms with Crippen molar-refractivity contribution in [1.29, 1.82) is 0 Å². The van der Waals surface area contributed by atoms with Gasteiger partial charge in [0.15, 0.2) is 0 Å². The summed E-state index contributed by atoms with van der Waals surface area (Å²) < 4.78 is 5.50. The molecule has 0 saturated carbocycles. The summed E-state index contributed by atoms with van der Waals surface area (Å²) in [5.74, 6) is 1.62. The van der Waals surface area contributed by atoms with Crippen molar-refractivity contribution in [3.8, 4) is 0 Å². The van der Waals surface area contributed by atoms with Gasteiger partial charge >= 0.3 is 5.97 Å². The minimum absolute atomic E-state index is 0.0551. The number of hydrogen-bond acceptors (Lipinski definition) is 6. The SMILES string of the molecule is COC(=O)Cn1ncc(NC2CCCSC2)c(Cl)c1=O. The number of ether oxygens (including phenoxy) is 1. The minimum atomic E-state index is -0.542. The van der Waals surface area contributed by atoms with Gasteiger partial charge in [-0.2, -0.15) is 16.9 Å². The monoisotopic (exact) mass is 317 g/mol. The molecule has 0 bridgehead atoms. The molecule has 20 heavy (non-hydrogen) atoms. The normalized spacial score (nSPS) is 18.6. The quantitative estimate of drug-likeness (QED) is 0.846. The molecule has 1 N–H and O–H groups in total. The Labute approximate surface area is 125 Å². The van der Waals surface area contributed by atoms with Crippen LogP contribution in [-0.2, 0) is 16.1 Å². The van der Waals surface area contributed by atoms with Crippen molar-refractivity contribution in [2.24, 2.45) is 0 Å². The molecule has 8 heteroatoms. The zero-order chi connectivity index (χ0) is 14.5. The van der Waals surface area contributed by atoms with Crippen LogP contribution in [-0.4, -0.2) is 40.4 Å². The first-order valence-corrected chi connectivity index (χ1v) is 7.82. The van der Waals surface area contributed by atoms with Crippen LogP contribution in [0.1, 0.15) is 12.8 Å². The van der Waals surface area contributed by atoms with Crippen molar-refractivity contribution in [2.75, 3.05) is 23.9 Å². The van der Waals surface area contributed by atoms with Gasteiger partial charge in [-0.25, -0.2) is 4.68 Å². The van der Waals surface area contributed by atoms with E-state index in [0.29, 0.717) is 11.7 Å². The zero-order valence-electron chi connectivity index (χ0n) is 11.1. The summed E-state index contributed by atoms with van der Waals surface area (Å²) in [4.78, 5) is 23.2. The van der Waals surface area contributed by atoms with Crippen LogP contribution in [0.15, 0.2) is 11.0 Å². The number of hydrogen-bond donors (Lipinski definition) is 1. The van der Waals surface area contributed by atoms with Crippen LogP contribution in [0.3, 0.4) is 0 Å². The molecule has 0 amide bonds. The summed E-state index contributed by atoms with van der Waals surface area (Å²) in [7, 11) is 1.26. The Morgan fingerprint density at radius 1 is 1.70 bits per heavy atom. The first-order chi connectivity index (χ1) is 9.61. The molecule has 1 unspecified atom stereocenters. The van der Waals surface area contributed by atoms with E-state index in [2.05, 4.69) is 15.2 Å². The number of halogens is 1. The van der Waals surface area contributed by atoms with Crippen LogP contribution in [0.2, 0.25) is 5.02 Å². The number of carbonyl (C=O) groups excluding carboxylic acids is 1. The number of anilines is 1. The van der Waals surface area contributed by atoms with E-state index in [0.717, 1.165) is 23.3 Å². The fraction of sp³-hybridized carbons (Fsp3) is 0.583. The van der Waals surface area contributed by atoms with Crippen LogP contribution in [0.25, 0.3) is 0 Å². The number of carbonyl (C=O) groups is 1. The lowest BCUT2D eigenvalue weighted by Crippen LogP contribution is -2.31. The molecule has 0 radical (unpaired) electrons. The van der Waals surface area contributed by atoms with Gasteiger partial charge in [0.2, 0.25) is 0 Å². The van der Waals surface area contributed by atoms with Gasteiger partial charge in [0, 0.05) is 11.8 Å². The van der Waals surface area contributed by atoms with E-state index in [9.17, 15) is 9.59 Å². The van der Waals surface area contributed by atoms with Gasteiger partial charge < -0.3 is 10.1 Å². The molecule has 0 aromatic carbocycles. The van der Waals surface area contributed by atoms with Crippen molar-refractivity contribution in [3.05, 3.63) is 21.6 Å². The third kappa shape index (κ3) is 3.67. The average Bonchev–Trinajstić information content (AvgIpc) is 2.48. The summed E-state index contributed by atoms with van der Waals surface area (Å²) in [5.41, 5.74) is 0.0239. The van der Waals surface area contributed by atoms with Crippen LogP contribution in [0.4, 0.5) is 5.69 Å². The van der Waals surface area contributed by atoms with E-state index in [1.165, 1.54) is 19.1 Å². The van der Waals surface area contributed by atoms with Crippen LogP contribution in [0.5, 0.6) is 0 Å². The highest BCUT2D eigenvalue weighted by molar-refractivity contribution is 7.99. The molecule has 2 heterocycles. The third-order valence-electron chi connectivity index (χ3n) is 3.01. The van der Waals surface area contributed by atoms with Gasteiger partial charge in [-0.3, -0.25) is 9.59 Å². The summed E-state index contributed by atoms with van der Waals surface area (Å²) >= 11 is 7.93. The Bertz CT molecular complexity index is 543. The fourth-order valence-corrected chi connectivity index (χ4v) is 3.21. The molecule has 6 nitrogen and oxygen atoms in total. The van der Waals surface area contributed by atoms with Gasteiger partial charge in [0.1, 0.15) is 11.6 Å². The molecule has 1 aromatic heterocycles. The maximum atomic E-state index is 12.0. The highest BCUT2D eigenvalue weighted by Crippen LogP contribution is 2.23. The highest BCUT2D eigenvalue weighted by Gasteiger charge is 2.17. The molecule has 1 aliphatic rings. The second kappa shape index (κ2) is 6.99. The van der Waals surface area contributed by atoms with Gasteiger partial charge in [-0.1, -0.05) is 11.6 Å². The molecule has 0 aliphatic carbocycles. The molecule has 1 aliphatic heterocycles. The minimum Gasteiger partial charge on any atom is -0.468 e. The van der Waals surface area contributed by atoms with Crippen molar-refractivity contribution >= 4 is 35.0 Å². The average molecular weight is 318 g/mol. The Morgan fingerprint density at radius 3 is 3.15 bits per heavy atom. The lowest BCUT2D eigenvalue weighted by atomic mass is 10.2. The zero-order valence-corrected chi connectivity index (χ0v) is 12.7. The van der Waals surface area contributed by atoms with E-state index in [-0.39, 0.29) is 11.6 Å². The molecule has 0 spiro atoms. The van der Waals surface area contributed by atoms with Gasteiger partial charge in [0.05, 0.1) is 19.0 Å². The van der Waals surface area contributed by atoms with E-state index in [1.807, 2.05) is 11.8 Å². The third-order valence-corrected chi connectivity index (χ3v) is 4.59. The number of rotatable bonds is 4. The molecule has 1 fully saturated rings. The largest absolute Gasteiger partial charge is 0.468 e. The van der Waals surface area contributed by atoms with Crippen molar-refractivity contribution in [2.45, 2.75) is 25.4 Å². The molecular formula is C12H16ClN3O3S. The highest BCUT2D eigenvalue weighted by atomic mass is 35.5. The number of nitrogens with zero attached hydrogens (tertiary/aromatic N) is 2. The Balaban J connectivity index is 2.13. The number of nitrogens with one attached hydrogen (secondary N) is 1. The summed E-state index contributed by atoms with van der Waals surface area (Å²) in [6.07, 6.45) is 3.67. The predicted octanol–water partition coefficient (Wildman–Crippen LogP) is 1.38. The molecule has 1 atom stereocenters. The second-order valence-electron chi connectivity index (χ2n) is 4.47. The lowest BCUT2D eigenvalue weighted by molar-refractivity contribution is -0.141. The van der Waals surface area contributed by atoms with Crippen molar-refractivity contribution in [3.63, 3.8) is 0 Å². The predicted molar refractivity (Wildman–Crippen MR) is 79.5 cm³/mol. The first-order valence-electron chi connectivity index (χ1n) is 6.28. The summed E-state index contributed by atoms with van der Waals surface area (Å²) in [6.45, 7) is -0.241. The van der Waals surface area contributed by atoms with E-state index >= 15 is 0 Å². The smallest absolute Gasteiger partial charge is 0.327 e. The van der Waals surface area contributed by atoms with Crippen molar-refractivity contribution in [1.82, 2.24) is 9.78 Å². The van der Waals surface area contributed by atoms with Crippen molar-refractivity contribution < 1.29 is 9.53 Å². The molecule has 110 valence electrons. The van der Waals surface area contributed by atoms with E-state index < -0.39 is 11.5 Å². The van der Waals surface area contributed by atoms with Crippen LogP contribution >= 0.6 is 23.4 Å². The number of aromatic nitrogens is 2. The molecule has 2 rings (SSSR count). The van der Waals surface area contributed by atoms with Gasteiger partial charge in [-0.15, -0.1) is 0 Å². The van der Waals surface area contributed by atoms with Gasteiger partial charge in [0.25, 0.3) is 5.56 Å². The summed E-state index contributed by atoms with van der Waals surface area (Å²) in [6, 6.07) is 0.295. The lowest BCUT2D eigenvalue weighted by Gasteiger charge is -2.23. The van der Waals surface area contributed by atoms with E-state index in [1.54, 1.807) is 0 Å². The number of thioether (sulfide) groups is 1. The molecule has 1 aromatic rings. The standard InChI is InChI=1S/C12H16ClN3O3S/c1-19-10(17)6-16-12(18)11(13)9(5-14-16)15-8-3-2-4-20-7-8/h5,8,15H,2-4,6-7H2,1H3. The Morgan fingerprint density at radius 2 is 2.50 bits per heavy atom. The molecular weight excluding hydrogens is 302 g/mol. The summed E-state index contributed by atoms with van der Waals surface area (Å²) in [5, 5.41) is 7.24. The van der Waals surface area contributed by atoms with Gasteiger partial charge in [-0.05, 0) is 18.6 Å². The topological polar surface area (TPSA) is 73.2 Å².